The summed E-state index contributed by atoms with van der Waals surface area (Å²) >= 11 is 0. The van der Waals surface area contributed by atoms with Gasteiger partial charge in [-0.15, -0.1) is 0 Å². The molecule has 0 aliphatic carbocycles. The fraction of sp³-hybridized carbons (Fsp3) is 0.333. The number of carbonyl (C=O) groups is 2. The van der Waals surface area contributed by atoms with Crippen molar-refractivity contribution >= 4 is 22.6 Å². The van der Waals surface area contributed by atoms with Gasteiger partial charge in [0.25, 0.3) is 11.8 Å². The standard InChI is InChI=1S/C27H30N2O3/c1-18-11-12-19(2)26(20(18)3)32-17-25(30)29-15-13-22(14-16-29)28-27(31)24-10-6-8-21-7-4-5-9-23(21)24/h4-12,22H,13-17H2,1-3H3,(H,28,31). The van der Waals surface area contributed by atoms with Gasteiger partial charge in [-0.3, -0.25) is 9.59 Å². The van der Waals surface area contributed by atoms with Gasteiger partial charge in [0.15, 0.2) is 6.61 Å². The summed E-state index contributed by atoms with van der Waals surface area (Å²) in [6.45, 7) is 7.34. The molecule has 5 nitrogen and oxygen atoms in total. The summed E-state index contributed by atoms with van der Waals surface area (Å²) in [7, 11) is 0. The molecular formula is C27H30N2O3. The lowest BCUT2D eigenvalue weighted by Crippen LogP contribution is -2.47. The molecule has 3 aromatic rings. The summed E-state index contributed by atoms with van der Waals surface area (Å²) in [4.78, 5) is 27.4. The van der Waals surface area contributed by atoms with Crippen LogP contribution in [0.25, 0.3) is 10.8 Å². The third kappa shape index (κ3) is 4.62. The minimum absolute atomic E-state index is 0.0101. The Bertz CT molecular complexity index is 1140. The smallest absolute Gasteiger partial charge is 0.260 e. The summed E-state index contributed by atoms with van der Waals surface area (Å²) < 4.78 is 5.89. The third-order valence-electron chi connectivity index (χ3n) is 6.43. The first kappa shape index (κ1) is 21.9. The van der Waals surface area contributed by atoms with Crippen LogP contribution in [-0.2, 0) is 4.79 Å². The van der Waals surface area contributed by atoms with E-state index >= 15 is 0 Å². The van der Waals surface area contributed by atoms with Crippen molar-refractivity contribution in [3.8, 4) is 5.75 Å². The van der Waals surface area contributed by atoms with Crippen molar-refractivity contribution in [1.82, 2.24) is 10.2 Å². The fourth-order valence-electron chi connectivity index (χ4n) is 4.33. The largest absolute Gasteiger partial charge is 0.483 e. The van der Waals surface area contributed by atoms with Crippen LogP contribution < -0.4 is 10.1 Å². The highest BCUT2D eigenvalue weighted by Crippen LogP contribution is 2.26. The maximum atomic E-state index is 12.9. The molecule has 5 heteroatoms. The molecule has 0 radical (unpaired) electrons. The topological polar surface area (TPSA) is 58.6 Å². The van der Waals surface area contributed by atoms with E-state index in [0.717, 1.165) is 46.1 Å². The van der Waals surface area contributed by atoms with Gasteiger partial charge in [0, 0.05) is 24.7 Å². The van der Waals surface area contributed by atoms with Gasteiger partial charge >= 0.3 is 0 Å². The quantitative estimate of drug-likeness (QED) is 0.645. The predicted molar refractivity (Wildman–Crippen MR) is 127 cm³/mol. The summed E-state index contributed by atoms with van der Waals surface area (Å²) in [5.74, 6) is 0.736. The van der Waals surface area contributed by atoms with Gasteiger partial charge in [-0.2, -0.15) is 0 Å². The van der Waals surface area contributed by atoms with Crippen molar-refractivity contribution in [3.63, 3.8) is 0 Å². The Morgan fingerprint density at radius 2 is 1.62 bits per heavy atom. The minimum atomic E-state index is -0.0553. The van der Waals surface area contributed by atoms with E-state index in [1.54, 1.807) is 0 Å². The number of nitrogens with one attached hydrogen (secondary N) is 1. The number of benzene rings is 3. The average Bonchev–Trinajstić information content (AvgIpc) is 2.81. The van der Waals surface area contributed by atoms with Crippen molar-refractivity contribution in [2.24, 2.45) is 0 Å². The minimum Gasteiger partial charge on any atom is -0.483 e. The van der Waals surface area contributed by atoms with Gasteiger partial charge in [0.1, 0.15) is 5.75 Å². The second-order valence-corrected chi connectivity index (χ2v) is 8.60. The zero-order valence-electron chi connectivity index (χ0n) is 19.0. The number of amides is 2. The highest BCUT2D eigenvalue weighted by molar-refractivity contribution is 6.07. The van der Waals surface area contributed by atoms with Crippen molar-refractivity contribution < 1.29 is 14.3 Å². The Hall–Kier alpha value is -3.34. The Morgan fingerprint density at radius 3 is 2.41 bits per heavy atom. The molecule has 3 aromatic carbocycles. The van der Waals surface area contributed by atoms with Crippen molar-refractivity contribution in [1.29, 1.82) is 0 Å². The maximum Gasteiger partial charge on any atom is 0.260 e. The lowest BCUT2D eigenvalue weighted by atomic mass is 10.0. The van der Waals surface area contributed by atoms with Crippen LogP contribution in [0.1, 0.15) is 39.9 Å². The molecular weight excluding hydrogens is 400 g/mol. The van der Waals surface area contributed by atoms with Gasteiger partial charge in [-0.05, 0) is 67.1 Å². The van der Waals surface area contributed by atoms with Crippen LogP contribution in [-0.4, -0.2) is 42.5 Å². The molecule has 0 atom stereocenters. The molecule has 0 saturated carbocycles. The summed E-state index contributed by atoms with van der Waals surface area (Å²) in [5.41, 5.74) is 3.96. The zero-order valence-corrected chi connectivity index (χ0v) is 19.0. The van der Waals surface area contributed by atoms with Gasteiger partial charge in [-0.1, -0.05) is 48.5 Å². The number of nitrogens with zero attached hydrogens (tertiary/aromatic N) is 1. The van der Waals surface area contributed by atoms with E-state index in [2.05, 4.69) is 11.4 Å². The number of hydrogen-bond acceptors (Lipinski definition) is 3. The van der Waals surface area contributed by atoms with Gasteiger partial charge in [-0.25, -0.2) is 0 Å². The molecule has 1 fully saturated rings. The normalized spacial score (nSPS) is 14.4. The molecule has 1 N–H and O–H groups in total. The highest BCUT2D eigenvalue weighted by atomic mass is 16.5. The Labute approximate surface area is 189 Å². The van der Waals surface area contributed by atoms with E-state index in [4.69, 9.17) is 4.74 Å². The molecule has 0 spiro atoms. The van der Waals surface area contributed by atoms with Crippen LogP contribution in [0.3, 0.4) is 0 Å². The van der Waals surface area contributed by atoms with Crippen LogP contribution in [0.15, 0.2) is 54.6 Å². The Kier molecular flexibility index (Phi) is 6.45. The summed E-state index contributed by atoms with van der Waals surface area (Å²) in [6.07, 6.45) is 1.48. The van der Waals surface area contributed by atoms with Crippen LogP contribution in [0.4, 0.5) is 0 Å². The summed E-state index contributed by atoms with van der Waals surface area (Å²) in [6, 6.07) is 17.8. The molecule has 1 aliphatic heterocycles. The molecule has 1 aliphatic rings. The molecule has 166 valence electrons. The molecule has 1 saturated heterocycles. The number of fused-ring (bicyclic) bond motifs is 1. The average molecular weight is 431 g/mol. The van der Waals surface area contributed by atoms with Crippen molar-refractivity contribution in [2.45, 2.75) is 39.7 Å². The van der Waals surface area contributed by atoms with Crippen LogP contribution in [0.5, 0.6) is 5.75 Å². The van der Waals surface area contributed by atoms with Gasteiger partial charge in [0.2, 0.25) is 0 Å². The third-order valence-corrected chi connectivity index (χ3v) is 6.43. The SMILES string of the molecule is Cc1ccc(C)c(OCC(=O)N2CCC(NC(=O)c3cccc4ccccc34)CC2)c1C. The molecule has 0 unspecified atom stereocenters. The maximum absolute atomic E-state index is 12.9. The first-order valence-electron chi connectivity index (χ1n) is 11.2. The number of hydrogen-bond donors (Lipinski definition) is 1. The van der Waals surface area contributed by atoms with E-state index in [1.165, 1.54) is 0 Å². The Morgan fingerprint density at radius 1 is 0.938 bits per heavy atom. The molecule has 4 rings (SSSR count). The first-order chi connectivity index (χ1) is 15.4. The van der Waals surface area contributed by atoms with E-state index in [9.17, 15) is 9.59 Å². The number of likely N-dealkylation sites (tertiary alicyclic amines) is 1. The van der Waals surface area contributed by atoms with E-state index in [-0.39, 0.29) is 24.5 Å². The number of carbonyl (C=O) groups excluding carboxylic acids is 2. The monoisotopic (exact) mass is 430 g/mol. The van der Waals surface area contributed by atoms with Crippen molar-refractivity contribution in [3.05, 3.63) is 76.9 Å². The van der Waals surface area contributed by atoms with Crippen LogP contribution in [0.2, 0.25) is 0 Å². The molecule has 0 aromatic heterocycles. The predicted octanol–water partition coefficient (Wildman–Crippen LogP) is 4.56. The van der Waals surface area contributed by atoms with Crippen LogP contribution >= 0.6 is 0 Å². The van der Waals surface area contributed by atoms with Gasteiger partial charge < -0.3 is 15.0 Å². The second-order valence-electron chi connectivity index (χ2n) is 8.60. The lowest BCUT2D eigenvalue weighted by Gasteiger charge is -2.32. The number of rotatable bonds is 5. The lowest BCUT2D eigenvalue weighted by molar-refractivity contribution is -0.134. The zero-order chi connectivity index (χ0) is 22.7. The fourth-order valence-corrected chi connectivity index (χ4v) is 4.33. The highest BCUT2D eigenvalue weighted by Gasteiger charge is 2.25. The number of piperidine rings is 1. The molecule has 32 heavy (non-hydrogen) atoms. The van der Waals surface area contributed by atoms with E-state index in [0.29, 0.717) is 18.7 Å². The van der Waals surface area contributed by atoms with Crippen LogP contribution in [0, 0.1) is 20.8 Å². The summed E-state index contributed by atoms with van der Waals surface area (Å²) in [5, 5.41) is 5.17. The van der Waals surface area contributed by atoms with E-state index in [1.807, 2.05) is 74.2 Å². The first-order valence-corrected chi connectivity index (χ1v) is 11.2. The molecule has 0 bridgehead atoms. The second kappa shape index (κ2) is 9.43. The van der Waals surface area contributed by atoms with Gasteiger partial charge in [0.05, 0.1) is 0 Å². The molecule has 2 amide bonds. The number of aryl methyl sites for hydroxylation is 2. The Balaban J connectivity index is 1.31. The van der Waals surface area contributed by atoms with Crippen molar-refractivity contribution in [2.75, 3.05) is 19.7 Å². The van der Waals surface area contributed by atoms with E-state index < -0.39 is 0 Å². The number of ether oxygens (including phenoxy) is 1. The molecule has 1 heterocycles.